The number of carbonyl (C=O) groups excluding carboxylic acids is 1. The maximum atomic E-state index is 11.0. The molecule has 0 spiro atoms. The van der Waals surface area contributed by atoms with Gasteiger partial charge in [0.2, 0.25) is 0 Å². The van der Waals surface area contributed by atoms with E-state index in [1.165, 1.54) is 6.07 Å². The van der Waals surface area contributed by atoms with Gasteiger partial charge >= 0.3 is 0 Å². The molecule has 0 heterocycles. The highest BCUT2D eigenvalue weighted by molar-refractivity contribution is 5.96. The topological polar surface area (TPSA) is 63.3 Å². The van der Waals surface area contributed by atoms with Gasteiger partial charge in [-0.25, -0.2) is 0 Å². The largest absolute Gasteiger partial charge is 0.507 e. The van der Waals surface area contributed by atoms with Gasteiger partial charge in [0, 0.05) is 5.56 Å². The Labute approximate surface area is 83.6 Å². The highest BCUT2D eigenvalue weighted by atomic mass is 16.3. The van der Waals surface area contributed by atoms with E-state index in [2.05, 4.69) is 0 Å². The Morgan fingerprint density at radius 3 is 2.36 bits per heavy atom. The van der Waals surface area contributed by atoms with Gasteiger partial charge in [-0.1, -0.05) is 32.9 Å². The van der Waals surface area contributed by atoms with E-state index in [-0.39, 0.29) is 16.7 Å². The summed E-state index contributed by atoms with van der Waals surface area (Å²) in [7, 11) is 0. The van der Waals surface area contributed by atoms with Crippen molar-refractivity contribution in [1.82, 2.24) is 0 Å². The van der Waals surface area contributed by atoms with Crippen LogP contribution in [0, 0.1) is 0 Å². The Morgan fingerprint density at radius 2 is 1.93 bits per heavy atom. The summed E-state index contributed by atoms with van der Waals surface area (Å²) in [5.41, 5.74) is 5.84. The molecule has 3 N–H and O–H groups in total. The molecule has 0 atom stereocenters. The van der Waals surface area contributed by atoms with Crippen molar-refractivity contribution in [3.63, 3.8) is 0 Å². The minimum atomic E-state index is -0.603. The normalized spacial score (nSPS) is 11.4. The zero-order valence-corrected chi connectivity index (χ0v) is 8.66. The van der Waals surface area contributed by atoms with E-state index in [0.717, 1.165) is 5.56 Å². The quantitative estimate of drug-likeness (QED) is 0.714. The molecular formula is C11H15NO2. The average molecular weight is 193 g/mol. The number of benzene rings is 1. The summed E-state index contributed by atoms with van der Waals surface area (Å²) in [5, 5.41) is 9.79. The number of carbonyl (C=O) groups is 1. The van der Waals surface area contributed by atoms with Crippen LogP contribution in [0.25, 0.3) is 0 Å². The van der Waals surface area contributed by atoms with Crippen LogP contribution in [0.15, 0.2) is 18.2 Å². The van der Waals surface area contributed by atoms with Crippen molar-refractivity contribution in [3.8, 4) is 5.75 Å². The number of amides is 1. The summed E-state index contributed by atoms with van der Waals surface area (Å²) in [6.07, 6.45) is 0. The fraction of sp³-hybridized carbons (Fsp3) is 0.364. The van der Waals surface area contributed by atoms with Gasteiger partial charge < -0.3 is 10.8 Å². The lowest BCUT2D eigenvalue weighted by atomic mass is 9.85. The summed E-state index contributed by atoms with van der Waals surface area (Å²) in [6, 6.07) is 5.04. The van der Waals surface area contributed by atoms with E-state index in [1.54, 1.807) is 12.1 Å². The Balaban J connectivity index is 3.35. The minimum Gasteiger partial charge on any atom is -0.507 e. The van der Waals surface area contributed by atoms with Crippen LogP contribution in [0.5, 0.6) is 5.75 Å². The fourth-order valence-electron chi connectivity index (χ4n) is 1.35. The first-order valence-corrected chi connectivity index (χ1v) is 4.46. The maximum Gasteiger partial charge on any atom is 0.252 e. The zero-order valence-electron chi connectivity index (χ0n) is 8.66. The van der Waals surface area contributed by atoms with Crippen LogP contribution in [0.4, 0.5) is 0 Å². The molecule has 0 unspecified atom stereocenters. The summed E-state index contributed by atoms with van der Waals surface area (Å²) in [5.74, 6) is -0.610. The van der Waals surface area contributed by atoms with Crippen LogP contribution in [-0.4, -0.2) is 11.0 Å². The Morgan fingerprint density at radius 1 is 1.36 bits per heavy atom. The fourth-order valence-corrected chi connectivity index (χ4v) is 1.35. The Hall–Kier alpha value is -1.51. The zero-order chi connectivity index (χ0) is 10.9. The predicted molar refractivity (Wildman–Crippen MR) is 55.3 cm³/mol. The molecule has 76 valence electrons. The molecule has 14 heavy (non-hydrogen) atoms. The van der Waals surface area contributed by atoms with Gasteiger partial charge in [-0.3, -0.25) is 4.79 Å². The van der Waals surface area contributed by atoms with E-state index < -0.39 is 5.91 Å². The van der Waals surface area contributed by atoms with Crippen molar-refractivity contribution in [2.75, 3.05) is 0 Å². The van der Waals surface area contributed by atoms with Crippen molar-refractivity contribution >= 4 is 5.91 Å². The third kappa shape index (κ3) is 1.87. The minimum absolute atomic E-state index is 0.00694. The molecule has 1 amide bonds. The first-order valence-electron chi connectivity index (χ1n) is 4.46. The molecule has 0 aromatic heterocycles. The number of phenols is 1. The van der Waals surface area contributed by atoms with Crippen molar-refractivity contribution in [3.05, 3.63) is 29.3 Å². The molecule has 1 aromatic rings. The van der Waals surface area contributed by atoms with E-state index in [9.17, 15) is 9.90 Å². The number of aromatic hydroxyl groups is 1. The van der Waals surface area contributed by atoms with E-state index in [4.69, 9.17) is 5.73 Å². The van der Waals surface area contributed by atoms with Crippen molar-refractivity contribution in [2.45, 2.75) is 26.2 Å². The molecule has 3 heteroatoms. The van der Waals surface area contributed by atoms with Crippen LogP contribution in [0.3, 0.4) is 0 Å². The number of hydrogen-bond acceptors (Lipinski definition) is 2. The van der Waals surface area contributed by atoms with Crippen LogP contribution in [0.1, 0.15) is 36.7 Å². The molecule has 0 radical (unpaired) electrons. The highest BCUT2D eigenvalue weighted by Crippen LogP contribution is 2.32. The molecule has 0 saturated heterocycles. The van der Waals surface area contributed by atoms with E-state index in [0.29, 0.717) is 0 Å². The number of hydrogen-bond donors (Lipinski definition) is 2. The first-order chi connectivity index (χ1) is 6.34. The van der Waals surface area contributed by atoms with Gasteiger partial charge in [0.1, 0.15) is 5.75 Å². The number of primary amides is 1. The molecule has 1 aromatic carbocycles. The summed E-state index contributed by atoms with van der Waals surface area (Å²) < 4.78 is 0. The second kappa shape index (κ2) is 3.33. The van der Waals surface area contributed by atoms with E-state index in [1.807, 2.05) is 20.8 Å². The smallest absolute Gasteiger partial charge is 0.252 e. The molecular weight excluding hydrogens is 178 g/mol. The molecule has 3 nitrogen and oxygen atoms in total. The molecule has 0 aliphatic rings. The molecule has 0 aliphatic heterocycles. The van der Waals surface area contributed by atoms with Crippen LogP contribution >= 0.6 is 0 Å². The standard InChI is InChI=1S/C11H15NO2/c1-11(2,3)8-6-4-5-7(9(8)13)10(12)14/h4-6,13H,1-3H3,(H2,12,14). The molecule has 1 rings (SSSR count). The van der Waals surface area contributed by atoms with Crippen LogP contribution < -0.4 is 5.73 Å². The van der Waals surface area contributed by atoms with Gasteiger partial charge in [0.25, 0.3) is 5.91 Å². The number of rotatable bonds is 1. The summed E-state index contributed by atoms with van der Waals surface area (Å²) in [6.45, 7) is 5.90. The van der Waals surface area contributed by atoms with E-state index >= 15 is 0 Å². The van der Waals surface area contributed by atoms with Crippen molar-refractivity contribution in [1.29, 1.82) is 0 Å². The van der Waals surface area contributed by atoms with Gasteiger partial charge in [-0.2, -0.15) is 0 Å². The molecule has 0 bridgehead atoms. The second-order valence-electron chi connectivity index (χ2n) is 4.32. The summed E-state index contributed by atoms with van der Waals surface area (Å²) in [4.78, 5) is 11.0. The molecule has 0 aliphatic carbocycles. The lowest BCUT2D eigenvalue weighted by Crippen LogP contribution is -2.16. The second-order valence-corrected chi connectivity index (χ2v) is 4.32. The van der Waals surface area contributed by atoms with Gasteiger partial charge in [-0.15, -0.1) is 0 Å². The van der Waals surface area contributed by atoms with Crippen molar-refractivity contribution in [2.24, 2.45) is 5.73 Å². The van der Waals surface area contributed by atoms with Crippen LogP contribution in [-0.2, 0) is 5.41 Å². The van der Waals surface area contributed by atoms with Crippen molar-refractivity contribution < 1.29 is 9.90 Å². The summed E-state index contributed by atoms with van der Waals surface area (Å²) >= 11 is 0. The SMILES string of the molecule is CC(C)(C)c1cccc(C(N)=O)c1O. The Kier molecular flexibility index (Phi) is 2.51. The average Bonchev–Trinajstić information content (AvgIpc) is 2.01. The molecule has 0 saturated carbocycles. The van der Waals surface area contributed by atoms with Gasteiger partial charge in [-0.05, 0) is 11.5 Å². The first kappa shape index (κ1) is 10.6. The van der Waals surface area contributed by atoms with Gasteiger partial charge in [0.05, 0.1) is 5.56 Å². The third-order valence-electron chi connectivity index (χ3n) is 2.11. The lowest BCUT2D eigenvalue weighted by Gasteiger charge is -2.21. The molecule has 0 fully saturated rings. The third-order valence-corrected chi connectivity index (χ3v) is 2.11. The number of nitrogens with two attached hydrogens (primary N) is 1. The predicted octanol–water partition coefficient (Wildman–Crippen LogP) is 1.79. The highest BCUT2D eigenvalue weighted by Gasteiger charge is 2.21. The van der Waals surface area contributed by atoms with Crippen LogP contribution in [0.2, 0.25) is 0 Å². The monoisotopic (exact) mass is 193 g/mol. The maximum absolute atomic E-state index is 11.0. The number of para-hydroxylation sites is 1. The van der Waals surface area contributed by atoms with Gasteiger partial charge in [0.15, 0.2) is 0 Å². The lowest BCUT2D eigenvalue weighted by molar-refractivity contribution is 0.0997. The Bertz CT molecular complexity index is 364.